The number of para-hydroxylation sites is 2. The van der Waals surface area contributed by atoms with Crippen molar-refractivity contribution in [1.29, 1.82) is 0 Å². The van der Waals surface area contributed by atoms with Crippen LogP contribution in [0.4, 0.5) is 10.1 Å². The second-order valence-electron chi connectivity index (χ2n) is 7.29. The van der Waals surface area contributed by atoms with Crippen molar-refractivity contribution in [3.8, 4) is 0 Å². The Morgan fingerprint density at radius 1 is 1.03 bits per heavy atom. The van der Waals surface area contributed by atoms with Crippen LogP contribution in [0.5, 0.6) is 0 Å². The molecule has 30 heavy (non-hydrogen) atoms. The molecule has 0 aliphatic rings. The summed E-state index contributed by atoms with van der Waals surface area (Å²) in [4.78, 5) is 10.2. The molecular weight excluding hydrogens is 395 g/mol. The summed E-state index contributed by atoms with van der Waals surface area (Å²) in [5.41, 5.74) is 5.15. The van der Waals surface area contributed by atoms with Gasteiger partial charge in [-0.25, -0.2) is 9.37 Å². The fourth-order valence-electron chi connectivity index (χ4n) is 3.27. The molecule has 3 aromatic carbocycles. The molecule has 0 aliphatic carbocycles. The van der Waals surface area contributed by atoms with Gasteiger partial charge in [-0.2, -0.15) is 0 Å². The highest BCUT2D eigenvalue weighted by molar-refractivity contribution is 7.80. The summed E-state index contributed by atoms with van der Waals surface area (Å²) in [5, 5.41) is 3.82. The molecule has 0 spiro atoms. The van der Waals surface area contributed by atoms with E-state index in [4.69, 9.17) is 12.2 Å². The van der Waals surface area contributed by atoms with E-state index in [2.05, 4.69) is 51.4 Å². The van der Waals surface area contributed by atoms with E-state index in [1.54, 1.807) is 12.1 Å². The third-order valence-corrected chi connectivity index (χ3v) is 5.29. The van der Waals surface area contributed by atoms with Crippen LogP contribution < -0.4 is 5.32 Å². The van der Waals surface area contributed by atoms with Gasteiger partial charge < -0.3 is 15.2 Å². The quantitative estimate of drug-likeness (QED) is 0.409. The summed E-state index contributed by atoms with van der Waals surface area (Å²) in [6.07, 6.45) is 0.728. The summed E-state index contributed by atoms with van der Waals surface area (Å²) >= 11 is 5.69. The van der Waals surface area contributed by atoms with Crippen molar-refractivity contribution in [1.82, 2.24) is 14.9 Å². The van der Waals surface area contributed by atoms with E-state index in [0.717, 1.165) is 29.0 Å². The minimum Gasteiger partial charge on any atom is -0.344 e. The first-order valence-electron chi connectivity index (χ1n) is 9.87. The number of imidazole rings is 1. The Labute approximate surface area is 180 Å². The van der Waals surface area contributed by atoms with Gasteiger partial charge in [0.2, 0.25) is 0 Å². The molecule has 4 nitrogen and oxygen atoms in total. The first kappa shape index (κ1) is 20.0. The molecular formula is C24H23FN4S. The van der Waals surface area contributed by atoms with E-state index in [9.17, 15) is 4.39 Å². The van der Waals surface area contributed by atoms with E-state index in [0.29, 0.717) is 18.2 Å². The van der Waals surface area contributed by atoms with Gasteiger partial charge in [0, 0.05) is 25.2 Å². The molecule has 0 fully saturated rings. The zero-order valence-corrected chi connectivity index (χ0v) is 17.5. The smallest absolute Gasteiger partial charge is 0.173 e. The van der Waals surface area contributed by atoms with Crippen molar-refractivity contribution in [3.05, 3.63) is 95.6 Å². The van der Waals surface area contributed by atoms with E-state index >= 15 is 0 Å². The lowest BCUT2D eigenvalue weighted by molar-refractivity contribution is 0.419. The van der Waals surface area contributed by atoms with Crippen molar-refractivity contribution >= 4 is 34.1 Å². The summed E-state index contributed by atoms with van der Waals surface area (Å²) in [5.74, 6) is 0.655. The number of halogens is 1. The SMILES string of the molecule is Cc1ccc(CN(CCc2nc3ccccc3[nH]2)C(=S)Nc2ccc(F)cc2)cc1. The molecule has 0 unspecified atom stereocenters. The number of nitrogens with one attached hydrogen (secondary N) is 2. The lowest BCUT2D eigenvalue weighted by atomic mass is 10.1. The molecule has 4 aromatic rings. The minimum atomic E-state index is -0.270. The lowest BCUT2D eigenvalue weighted by Crippen LogP contribution is -2.36. The van der Waals surface area contributed by atoms with Gasteiger partial charge in [-0.15, -0.1) is 0 Å². The molecule has 0 amide bonds. The van der Waals surface area contributed by atoms with Crippen LogP contribution in [0.3, 0.4) is 0 Å². The fraction of sp³-hybridized carbons (Fsp3) is 0.167. The molecule has 0 saturated heterocycles. The van der Waals surface area contributed by atoms with Crippen LogP contribution in [0.2, 0.25) is 0 Å². The Morgan fingerprint density at radius 2 is 1.77 bits per heavy atom. The molecule has 0 bridgehead atoms. The standard InChI is InChI=1S/C24H23FN4S/c1-17-6-8-18(9-7-17)16-29(24(30)26-20-12-10-19(25)11-13-20)15-14-23-27-21-4-2-3-5-22(21)28-23/h2-13H,14-16H2,1H3,(H,26,30)(H,27,28). The number of hydrogen-bond acceptors (Lipinski definition) is 2. The number of rotatable bonds is 6. The maximum atomic E-state index is 13.2. The average Bonchev–Trinajstić information content (AvgIpc) is 3.17. The zero-order valence-electron chi connectivity index (χ0n) is 16.7. The second-order valence-corrected chi connectivity index (χ2v) is 7.68. The van der Waals surface area contributed by atoms with Crippen LogP contribution in [0, 0.1) is 12.7 Å². The molecule has 0 aliphatic heterocycles. The molecule has 6 heteroatoms. The van der Waals surface area contributed by atoms with Gasteiger partial charge in [0.05, 0.1) is 11.0 Å². The highest BCUT2D eigenvalue weighted by Crippen LogP contribution is 2.15. The van der Waals surface area contributed by atoms with Crippen molar-refractivity contribution in [2.24, 2.45) is 0 Å². The van der Waals surface area contributed by atoms with Crippen LogP contribution in [-0.2, 0) is 13.0 Å². The van der Waals surface area contributed by atoms with Gasteiger partial charge in [0.25, 0.3) is 0 Å². The van der Waals surface area contributed by atoms with Gasteiger partial charge in [-0.1, -0.05) is 42.0 Å². The van der Waals surface area contributed by atoms with Gasteiger partial charge in [0.1, 0.15) is 11.6 Å². The van der Waals surface area contributed by atoms with Gasteiger partial charge in [-0.05, 0) is 61.1 Å². The molecule has 0 atom stereocenters. The van der Waals surface area contributed by atoms with Crippen LogP contribution in [0.25, 0.3) is 11.0 Å². The predicted octanol–water partition coefficient (Wildman–Crippen LogP) is 5.45. The summed E-state index contributed by atoms with van der Waals surface area (Å²) in [6, 6.07) is 22.6. The van der Waals surface area contributed by atoms with Gasteiger partial charge >= 0.3 is 0 Å². The van der Waals surface area contributed by atoms with Crippen LogP contribution in [-0.4, -0.2) is 26.5 Å². The first-order valence-corrected chi connectivity index (χ1v) is 10.3. The van der Waals surface area contributed by atoms with Crippen LogP contribution >= 0.6 is 12.2 Å². The van der Waals surface area contributed by atoms with E-state index in [-0.39, 0.29) is 5.82 Å². The Morgan fingerprint density at radius 3 is 2.50 bits per heavy atom. The molecule has 1 heterocycles. The minimum absolute atomic E-state index is 0.270. The van der Waals surface area contributed by atoms with Gasteiger partial charge in [-0.3, -0.25) is 0 Å². The van der Waals surface area contributed by atoms with Crippen LogP contribution in [0.1, 0.15) is 17.0 Å². The molecule has 152 valence electrons. The number of aromatic amines is 1. The maximum Gasteiger partial charge on any atom is 0.173 e. The maximum absolute atomic E-state index is 13.2. The van der Waals surface area contributed by atoms with E-state index in [1.165, 1.54) is 23.3 Å². The molecule has 0 saturated carbocycles. The fourth-order valence-corrected chi connectivity index (χ4v) is 3.54. The third-order valence-electron chi connectivity index (χ3n) is 4.93. The number of fused-ring (bicyclic) bond motifs is 1. The molecule has 1 aromatic heterocycles. The zero-order chi connectivity index (χ0) is 20.9. The normalized spacial score (nSPS) is 10.9. The van der Waals surface area contributed by atoms with E-state index < -0.39 is 0 Å². The van der Waals surface area contributed by atoms with Crippen molar-refractivity contribution in [2.45, 2.75) is 19.9 Å². The van der Waals surface area contributed by atoms with E-state index in [1.807, 2.05) is 24.3 Å². The molecule has 2 N–H and O–H groups in total. The highest BCUT2D eigenvalue weighted by Gasteiger charge is 2.13. The number of thiocarbonyl (C=S) groups is 1. The largest absolute Gasteiger partial charge is 0.344 e. The average molecular weight is 419 g/mol. The Bertz CT molecular complexity index is 1100. The topological polar surface area (TPSA) is 44.0 Å². The first-order chi connectivity index (χ1) is 14.6. The van der Waals surface area contributed by atoms with Crippen molar-refractivity contribution in [2.75, 3.05) is 11.9 Å². The number of nitrogens with zero attached hydrogens (tertiary/aromatic N) is 2. The number of benzene rings is 3. The predicted molar refractivity (Wildman–Crippen MR) is 124 cm³/mol. The summed E-state index contributed by atoms with van der Waals surface area (Å²) in [6.45, 7) is 3.44. The monoisotopic (exact) mass is 418 g/mol. The van der Waals surface area contributed by atoms with Gasteiger partial charge in [0.15, 0.2) is 5.11 Å². The summed E-state index contributed by atoms with van der Waals surface area (Å²) in [7, 11) is 0. The number of H-pyrrole nitrogens is 1. The number of anilines is 1. The van der Waals surface area contributed by atoms with Crippen molar-refractivity contribution in [3.63, 3.8) is 0 Å². The molecule has 4 rings (SSSR count). The van der Waals surface area contributed by atoms with Crippen LogP contribution in [0.15, 0.2) is 72.8 Å². The Kier molecular flexibility index (Phi) is 6.05. The number of aromatic nitrogens is 2. The number of hydrogen-bond donors (Lipinski definition) is 2. The third kappa shape index (κ3) is 5.02. The second kappa shape index (κ2) is 9.05. The van der Waals surface area contributed by atoms with Crippen molar-refractivity contribution < 1.29 is 4.39 Å². The number of aryl methyl sites for hydroxylation is 1. The summed E-state index contributed by atoms with van der Waals surface area (Å²) < 4.78 is 13.2. The molecule has 0 radical (unpaired) electrons. The lowest BCUT2D eigenvalue weighted by Gasteiger charge is -2.26. The highest BCUT2D eigenvalue weighted by atomic mass is 32.1. The Balaban J connectivity index is 1.49. The Hall–Kier alpha value is -3.25.